The zero-order chi connectivity index (χ0) is 21.5. The Labute approximate surface area is 165 Å². The van der Waals surface area contributed by atoms with Crippen LogP contribution in [-0.4, -0.2) is 8.42 Å². The number of anilines is 1. The molecule has 0 atom stereocenters. The van der Waals surface area contributed by atoms with E-state index in [1.54, 1.807) is 6.92 Å². The molecule has 2 aromatic carbocycles. The Hall–Kier alpha value is -1.75. The average Bonchev–Trinajstić information content (AvgIpc) is 2.53. The molecule has 0 saturated carbocycles. The molecule has 0 aliphatic heterocycles. The van der Waals surface area contributed by atoms with Crippen LogP contribution in [0.1, 0.15) is 29.2 Å². The smallest absolute Gasteiger partial charge is 0.279 e. The van der Waals surface area contributed by atoms with E-state index in [1.165, 1.54) is 18.2 Å². The highest BCUT2D eigenvalue weighted by molar-refractivity contribution is 9.10. The summed E-state index contributed by atoms with van der Waals surface area (Å²) in [5, 5.41) is 0. The molecule has 0 unspecified atom stereocenters. The van der Waals surface area contributed by atoms with Gasteiger partial charge in [0.15, 0.2) is 0 Å². The number of benzene rings is 2. The molecule has 154 valence electrons. The molecule has 2 rings (SSSR count). The highest BCUT2D eigenvalue weighted by Crippen LogP contribution is 2.40. The van der Waals surface area contributed by atoms with Crippen LogP contribution < -0.4 is 4.72 Å². The quantitative estimate of drug-likeness (QED) is 0.522. The van der Waals surface area contributed by atoms with Crippen LogP contribution >= 0.6 is 15.9 Å². The number of nitrogens with one attached hydrogen (secondary N) is 1. The Morgan fingerprint density at radius 2 is 1.61 bits per heavy atom. The largest absolute Gasteiger partial charge is 0.416 e. The van der Waals surface area contributed by atoms with Gasteiger partial charge in [-0.25, -0.2) is 8.42 Å². The lowest BCUT2D eigenvalue weighted by molar-refractivity contribution is -0.143. The zero-order valence-electron chi connectivity index (χ0n) is 14.5. The third-order valence-corrected chi connectivity index (χ3v) is 5.94. The first-order chi connectivity index (χ1) is 12.7. The maximum Gasteiger partial charge on any atom is 0.416 e. The lowest BCUT2D eigenvalue weighted by atomic mass is 10.0. The molecule has 0 fully saturated rings. The van der Waals surface area contributed by atoms with Gasteiger partial charge < -0.3 is 0 Å². The summed E-state index contributed by atoms with van der Waals surface area (Å²) in [6.45, 7) is 2.57. The van der Waals surface area contributed by atoms with Gasteiger partial charge in [0.2, 0.25) is 0 Å². The Balaban J connectivity index is 2.65. The van der Waals surface area contributed by atoms with Crippen molar-refractivity contribution in [3.05, 3.63) is 57.1 Å². The standard InChI is InChI=1S/C17H14BrF6NO2S/c1-3-10-6-12(18)4-5-15(10)28(26,27)25-14-8-11(16(19,20)21)7-13(9(14)2)17(22,23)24/h4-8,25H,3H2,1-2H3. The third kappa shape index (κ3) is 4.80. The van der Waals surface area contributed by atoms with E-state index < -0.39 is 44.8 Å². The first-order valence-corrected chi connectivity index (χ1v) is 10.0. The molecule has 0 aliphatic carbocycles. The van der Waals surface area contributed by atoms with E-state index in [-0.39, 0.29) is 17.4 Å². The fourth-order valence-corrected chi connectivity index (χ4v) is 4.38. The van der Waals surface area contributed by atoms with Crippen molar-refractivity contribution in [2.45, 2.75) is 37.5 Å². The van der Waals surface area contributed by atoms with E-state index in [0.717, 1.165) is 6.92 Å². The van der Waals surface area contributed by atoms with Gasteiger partial charge in [0.1, 0.15) is 0 Å². The van der Waals surface area contributed by atoms with Crippen LogP contribution in [-0.2, 0) is 28.8 Å². The average molecular weight is 490 g/mol. The SMILES string of the molecule is CCc1cc(Br)ccc1S(=O)(=O)Nc1cc(C(F)(F)F)cc(C(F)(F)F)c1C. The molecule has 0 radical (unpaired) electrons. The van der Waals surface area contributed by atoms with Crippen molar-refractivity contribution in [2.24, 2.45) is 0 Å². The Kier molecular flexibility index (Phi) is 6.10. The van der Waals surface area contributed by atoms with E-state index in [9.17, 15) is 34.8 Å². The summed E-state index contributed by atoms with van der Waals surface area (Å²) in [6, 6.07) is 4.46. The number of alkyl halides is 6. The molecule has 3 nitrogen and oxygen atoms in total. The third-order valence-electron chi connectivity index (χ3n) is 3.98. The number of hydrogen-bond acceptors (Lipinski definition) is 2. The van der Waals surface area contributed by atoms with Gasteiger partial charge in [-0.05, 0) is 54.8 Å². The molecular weight excluding hydrogens is 476 g/mol. The summed E-state index contributed by atoms with van der Waals surface area (Å²) >= 11 is 3.18. The van der Waals surface area contributed by atoms with E-state index in [4.69, 9.17) is 0 Å². The molecule has 0 amide bonds. The van der Waals surface area contributed by atoms with Gasteiger partial charge >= 0.3 is 12.4 Å². The molecule has 0 aliphatic rings. The summed E-state index contributed by atoms with van der Waals surface area (Å²) in [5.74, 6) is 0. The van der Waals surface area contributed by atoms with Crippen LogP contribution in [0.5, 0.6) is 0 Å². The van der Waals surface area contributed by atoms with Crippen LogP contribution in [0.2, 0.25) is 0 Å². The molecular formula is C17H14BrF6NO2S. The van der Waals surface area contributed by atoms with Gasteiger partial charge in [-0.15, -0.1) is 0 Å². The number of halogens is 7. The summed E-state index contributed by atoms with van der Waals surface area (Å²) in [7, 11) is -4.43. The van der Waals surface area contributed by atoms with Crippen molar-refractivity contribution in [1.29, 1.82) is 0 Å². The molecule has 1 N–H and O–H groups in total. The summed E-state index contributed by atoms with van der Waals surface area (Å²) in [4.78, 5) is -0.233. The van der Waals surface area contributed by atoms with Crippen molar-refractivity contribution in [3.8, 4) is 0 Å². The van der Waals surface area contributed by atoms with Crippen molar-refractivity contribution >= 4 is 31.6 Å². The summed E-state index contributed by atoms with van der Waals surface area (Å²) < 4.78 is 106. The molecule has 0 spiro atoms. The highest BCUT2D eigenvalue weighted by Gasteiger charge is 2.39. The van der Waals surface area contributed by atoms with Crippen LogP contribution in [0.25, 0.3) is 0 Å². The van der Waals surface area contributed by atoms with Crippen molar-refractivity contribution in [2.75, 3.05) is 4.72 Å². The van der Waals surface area contributed by atoms with Crippen LogP contribution in [0, 0.1) is 6.92 Å². The second-order valence-electron chi connectivity index (χ2n) is 5.90. The molecule has 0 saturated heterocycles. The molecule has 0 heterocycles. The monoisotopic (exact) mass is 489 g/mol. The number of hydrogen-bond donors (Lipinski definition) is 1. The normalized spacial score (nSPS) is 12.9. The van der Waals surface area contributed by atoms with Crippen LogP contribution in [0.4, 0.5) is 32.0 Å². The lowest BCUT2D eigenvalue weighted by Gasteiger charge is -2.19. The fraction of sp³-hybridized carbons (Fsp3) is 0.294. The van der Waals surface area contributed by atoms with Crippen LogP contribution in [0.15, 0.2) is 39.7 Å². The van der Waals surface area contributed by atoms with Crippen molar-refractivity contribution in [3.63, 3.8) is 0 Å². The maximum absolute atomic E-state index is 13.2. The zero-order valence-corrected chi connectivity index (χ0v) is 16.9. The second kappa shape index (κ2) is 7.58. The Morgan fingerprint density at radius 3 is 2.11 bits per heavy atom. The van der Waals surface area contributed by atoms with Gasteiger partial charge in [-0.3, -0.25) is 4.72 Å². The number of sulfonamides is 1. The van der Waals surface area contributed by atoms with E-state index in [0.29, 0.717) is 16.1 Å². The molecule has 28 heavy (non-hydrogen) atoms. The first kappa shape index (κ1) is 22.5. The Morgan fingerprint density at radius 1 is 1.00 bits per heavy atom. The van der Waals surface area contributed by atoms with Crippen molar-refractivity contribution < 1.29 is 34.8 Å². The predicted octanol–water partition coefficient (Wildman–Crippen LogP) is 6.16. The minimum absolute atomic E-state index is 0.0375. The van der Waals surface area contributed by atoms with Gasteiger partial charge in [-0.1, -0.05) is 22.9 Å². The Bertz CT molecular complexity index is 1000. The number of rotatable bonds is 4. The predicted molar refractivity (Wildman–Crippen MR) is 95.5 cm³/mol. The highest BCUT2D eigenvalue weighted by atomic mass is 79.9. The molecule has 0 bridgehead atoms. The minimum atomic E-state index is -5.09. The van der Waals surface area contributed by atoms with Gasteiger partial charge in [0, 0.05) is 4.47 Å². The van der Waals surface area contributed by atoms with E-state index in [1.807, 2.05) is 4.72 Å². The molecule has 11 heteroatoms. The summed E-state index contributed by atoms with van der Waals surface area (Å²) in [5.41, 5.74) is -4.25. The van der Waals surface area contributed by atoms with E-state index in [2.05, 4.69) is 15.9 Å². The number of aryl methyl sites for hydroxylation is 1. The fourth-order valence-electron chi connectivity index (χ4n) is 2.56. The van der Waals surface area contributed by atoms with Gasteiger partial charge in [0.25, 0.3) is 10.0 Å². The topological polar surface area (TPSA) is 46.2 Å². The lowest BCUT2D eigenvalue weighted by Crippen LogP contribution is -2.19. The first-order valence-electron chi connectivity index (χ1n) is 7.77. The maximum atomic E-state index is 13.2. The van der Waals surface area contributed by atoms with Gasteiger partial charge in [0.05, 0.1) is 21.7 Å². The van der Waals surface area contributed by atoms with Crippen LogP contribution in [0.3, 0.4) is 0 Å². The minimum Gasteiger partial charge on any atom is -0.279 e. The second-order valence-corrected chi connectivity index (χ2v) is 8.47. The van der Waals surface area contributed by atoms with Gasteiger partial charge in [-0.2, -0.15) is 26.3 Å². The molecule has 2 aromatic rings. The molecule has 0 aromatic heterocycles. The summed E-state index contributed by atoms with van der Waals surface area (Å²) in [6.07, 6.45) is -9.89. The van der Waals surface area contributed by atoms with Crippen molar-refractivity contribution in [1.82, 2.24) is 0 Å². The van der Waals surface area contributed by atoms with E-state index >= 15 is 0 Å².